The molecule has 1 fully saturated rings. The van der Waals surface area contributed by atoms with Crippen LogP contribution in [-0.2, 0) is 0 Å². The predicted molar refractivity (Wildman–Crippen MR) is 52.6 cm³/mol. The number of hydrogen-bond donors (Lipinski definition) is 1. The van der Waals surface area contributed by atoms with Gasteiger partial charge in [0.25, 0.3) is 0 Å². The van der Waals surface area contributed by atoms with Crippen molar-refractivity contribution in [2.75, 3.05) is 11.9 Å². The molecule has 0 atom stereocenters. The Morgan fingerprint density at radius 3 is 3.08 bits per heavy atom. The second kappa shape index (κ2) is 3.73. The normalized spacial score (nSPS) is 15.8. The lowest BCUT2D eigenvalue weighted by atomic mass is 10.3. The summed E-state index contributed by atoms with van der Waals surface area (Å²) in [5.74, 6) is 1.73. The zero-order chi connectivity index (χ0) is 9.10. The molecule has 1 saturated carbocycles. The second-order valence-corrected chi connectivity index (χ2v) is 3.68. The molecule has 3 heteroatoms. The minimum atomic E-state index is 0.764. The summed E-state index contributed by atoms with van der Waals surface area (Å²) in [6.07, 6.45) is 5.88. The Morgan fingerprint density at radius 2 is 2.38 bits per heavy atom. The van der Waals surface area contributed by atoms with Gasteiger partial charge in [0.2, 0.25) is 5.95 Å². The van der Waals surface area contributed by atoms with E-state index in [1.54, 1.807) is 6.20 Å². The van der Waals surface area contributed by atoms with Gasteiger partial charge in [-0.3, -0.25) is 0 Å². The van der Waals surface area contributed by atoms with E-state index in [4.69, 9.17) is 0 Å². The van der Waals surface area contributed by atoms with Crippen molar-refractivity contribution in [3.63, 3.8) is 0 Å². The third-order valence-electron chi connectivity index (χ3n) is 2.33. The summed E-state index contributed by atoms with van der Waals surface area (Å²) in [6, 6.07) is 1.91. The van der Waals surface area contributed by atoms with Crippen molar-refractivity contribution in [2.24, 2.45) is 5.92 Å². The number of aromatic nitrogens is 2. The van der Waals surface area contributed by atoms with Gasteiger partial charge < -0.3 is 5.32 Å². The van der Waals surface area contributed by atoms with Crippen LogP contribution in [0.2, 0.25) is 0 Å². The quantitative estimate of drug-likeness (QED) is 0.764. The smallest absolute Gasteiger partial charge is 0.222 e. The molecule has 0 bridgehead atoms. The van der Waals surface area contributed by atoms with Crippen LogP contribution in [-0.4, -0.2) is 16.5 Å². The van der Waals surface area contributed by atoms with Gasteiger partial charge in [0, 0.05) is 18.4 Å². The average molecular weight is 177 g/mol. The molecule has 0 spiro atoms. The predicted octanol–water partition coefficient (Wildman–Crippen LogP) is 2.00. The maximum absolute atomic E-state index is 4.27. The summed E-state index contributed by atoms with van der Waals surface area (Å²) in [4.78, 5) is 8.40. The summed E-state index contributed by atoms with van der Waals surface area (Å²) in [5, 5.41) is 3.23. The summed E-state index contributed by atoms with van der Waals surface area (Å²) < 4.78 is 0. The molecular weight excluding hydrogens is 162 g/mol. The molecule has 0 amide bonds. The third kappa shape index (κ3) is 2.68. The van der Waals surface area contributed by atoms with Gasteiger partial charge in [-0.05, 0) is 25.3 Å². The lowest BCUT2D eigenvalue weighted by molar-refractivity contribution is 0.755. The Hall–Kier alpha value is -1.12. The van der Waals surface area contributed by atoms with Crippen LogP contribution in [0.3, 0.4) is 0 Å². The van der Waals surface area contributed by atoms with Gasteiger partial charge in [0.05, 0.1) is 0 Å². The largest absolute Gasteiger partial charge is 0.354 e. The van der Waals surface area contributed by atoms with Crippen LogP contribution in [0.25, 0.3) is 0 Å². The Kier molecular flexibility index (Phi) is 2.43. The molecule has 1 aliphatic carbocycles. The highest BCUT2D eigenvalue weighted by molar-refractivity contribution is 5.24. The Labute approximate surface area is 78.6 Å². The molecule has 13 heavy (non-hydrogen) atoms. The van der Waals surface area contributed by atoms with Gasteiger partial charge in [-0.2, -0.15) is 0 Å². The highest BCUT2D eigenvalue weighted by Crippen LogP contribution is 2.31. The third-order valence-corrected chi connectivity index (χ3v) is 2.33. The van der Waals surface area contributed by atoms with Gasteiger partial charge in [-0.25, -0.2) is 9.97 Å². The Balaban J connectivity index is 1.79. The number of nitrogens with one attached hydrogen (secondary N) is 1. The topological polar surface area (TPSA) is 37.8 Å². The number of hydrogen-bond acceptors (Lipinski definition) is 3. The fraction of sp³-hybridized carbons (Fsp3) is 0.600. The van der Waals surface area contributed by atoms with Crippen LogP contribution in [0.5, 0.6) is 0 Å². The van der Waals surface area contributed by atoms with E-state index >= 15 is 0 Å². The summed E-state index contributed by atoms with van der Waals surface area (Å²) >= 11 is 0. The van der Waals surface area contributed by atoms with Gasteiger partial charge in [0.1, 0.15) is 0 Å². The molecule has 1 heterocycles. The molecule has 0 aromatic carbocycles. The van der Waals surface area contributed by atoms with E-state index in [2.05, 4.69) is 15.3 Å². The average Bonchev–Trinajstić information content (AvgIpc) is 2.88. The van der Waals surface area contributed by atoms with Gasteiger partial charge in [-0.1, -0.05) is 12.8 Å². The van der Waals surface area contributed by atoms with E-state index in [0.29, 0.717) is 0 Å². The lowest BCUT2D eigenvalue weighted by Crippen LogP contribution is -2.06. The van der Waals surface area contributed by atoms with E-state index in [9.17, 15) is 0 Å². The molecule has 0 saturated heterocycles. The van der Waals surface area contributed by atoms with Crippen LogP contribution in [0.15, 0.2) is 12.3 Å². The standard InChI is InChI=1S/C10H15N3/c1-8-4-6-11-10(13-8)12-7-5-9-2-3-9/h4,6,9H,2-3,5,7H2,1H3,(H,11,12,13). The van der Waals surface area contributed by atoms with Crippen molar-refractivity contribution in [1.82, 2.24) is 9.97 Å². The molecule has 1 aromatic rings. The molecule has 2 rings (SSSR count). The van der Waals surface area contributed by atoms with Crippen LogP contribution in [0, 0.1) is 12.8 Å². The van der Waals surface area contributed by atoms with E-state index in [1.165, 1.54) is 19.3 Å². The van der Waals surface area contributed by atoms with E-state index in [1.807, 2.05) is 13.0 Å². The van der Waals surface area contributed by atoms with Gasteiger partial charge >= 0.3 is 0 Å². The van der Waals surface area contributed by atoms with Crippen LogP contribution in [0.4, 0.5) is 5.95 Å². The van der Waals surface area contributed by atoms with Crippen LogP contribution in [0.1, 0.15) is 25.0 Å². The molecule has 0 unspecified atom stereocenters. The lowest BCUT2D eigenvalue weighted by Gasteiger charge is -2.03. The highest BCUT2D eigenvalue weighted by Gasteiger charge is 2.20. The fourth-order valence-electron chi connectivity index (χ4n) is 1.33. The van der Waals surface area contributed by atoms with Crippen molar-refractivity contribution in [3.05, 3.63) is 18.0 Å². The van der Waals surface area contributed by atoms with Crippen LogP contribution >= 0.6 is 0 Å². The van der Waals surface area contributed by atoms with Crippen molar-refractivity contribution in [3.8, 4) is 0 Å². The molecule has 1 N–H and O–H groups in total. The monoisotopic (exact) mass is 177 g/mol. The number of rotatable bonds is 4. The van der Waals surface area contributed by atoms with Gasteiger partial charge in [-0.15, -0.1) is 0 Å². The minimum absolute atomic E-state index is 0.764. The summed E-state index contributed by atoms with van der Waals surface area (Å²) in [7, 11) is 0. The second-order valence-electron chi connectivity index (χ2n) is 3.68. The number of aryl methyl sites for hydroxylation is 1. The molecule has 0 radical (unpaired) electrons. The zero-order valence-electron chi connectivity index (χ0n) is 7.95. The van der Waals surface area contributed by atoms with Crippen molar-refractivity contribution >= 4 is 5.95 Å². The Bertz CT molecular complexity index is 281. The maximum atomic E-state index is 4.27. The van der Waals surface area contributed by atoms with Crippen LogP contribution < -0.4 is 5.32 Å². The van der Waals surface area contributed by atoms with Gasteiger partial charge in [0.15, 0.2) is 0 Å². The first-order valence-electron chi connectivity index (χ1n) is 4.88. The van der Waals surface area contributed by atoms with Crippen molar-refractivity contribution in [2.45, 2.75) is 26.2 Å². The Morgan fingerprint density at radius 1 is 1.54 bits per heavy atom. The number of nitrogens with zero attached hydrogens (tertiary/aromatic N) is 2. The summed E-state index contributed by atoms with van der Waals surface area (Å²) in [5.41, 5.74) is 1.02. The zero-order valence-corrected chi connectivity index (χ0v) is 7.95. The van der Waals surface area contributed by atoms with Crippen molar-refractivity contribution < 1.29 is 0 Å². The molecular formula is C10H15N3. The molecule has 70 valence electrons. The van der Waals surface area contributed by atoms with E-state index in [-0.39, 0.29) is 0 Å². The first kappa shape index (κ1) is 8.48. The van der Waals surface area contributed by atoms with E-state index in [0.717, 1.165) is 24.1 Å². The first-order chi connectivity index (χ1) is 6.34. The molecule has 0 aliphatic heterocycles. The molecule has 1 aliphatic rings. The molecule has 1 aromatic heterocycles. The molecule has 3 nitrogen and oxygen atoms in total. The minimum Gasteiger partial charge on any atom is -0.354 e. The highest BCUT2D eigenvalue weighted by atomic mass is 15.1. The van der Waals surface area contributed by atoms with Crippen molar-refractivity contribution in [1.29, 1.82) is 0 Å². The first-order valence-corrected chi connectivity index (χ1v) is 4.88. The fourth-order valence-corrected chi connectivity index (χ4v) is 1.33. The van der Waals surface area contributed by atoms with E-state index < -0.39 is 0 Å². The SMILES string of the molecule is Cc1ccnc(NCCC2CC2)n1. The summed E-state index contributed by atoms with van der Waals surface area (Å²) in [6.45, 7) is 2.99. The number of anilines is 1. The maximum Gasteiger partial charge on any atom is 0.222 e.